The summed E-state index contributed by atoms with van der Waals surface area (Å²) in [5.74, 6) is -0.430. The SMILES string of the molecule is CCCCCCCCCCCCCOCC(COC1OC(COC2OC(CO)C(O)C(O)C2O)C(O)C(O)C1O)OC(=O)CCC. The van der Waals surface area contributed by atoms with Gasteiger partial charge >= 0.3 is 5.97 Å². The Morgan fingerprint density at radius 3 is 1.72 bits per heavy atom. The van der Waals surface area contributed by atoms with Gasteiger partial charge < -0.3 is 64.2 Å². The van der Waals surface area contributed by atoms with E-state index in [1.807, 2.05) is 6.92 Å². The lowest BCUT2D eigenvalue weighted by atomic mass is 9.98. The summed E-state index contributed by atoms with van der Waals surface area (Å²) < 4.78 is 33.3. The number of ether oxygens (including phenoxy) is 6. The molecule has 46 heavy (non-hydrogen) atoms. The van der Waals surface area contributed by atoms with E-state index in [-0.39, 0.29) is 19.6 Å². The highest BCUT2D eigenvalue weighted by molar-refractivity contribution is 5.69. The van der Waals surface area contributed by atoms with E-state index < -0.39 is 86.7 Å². The number of hydrogen-bond acceptors (Lipinski definition) is 14. The van der Waals surface area contributed by atoms with Crippen LogP contribution >= 0.6 is 0 Å². The van der Waals surface area contributed by atoms with Crippen molar-refractivity contribution in [1.29, 1.82) is 0 Å². The van der Waals surface area contributed by atoms with Gasteiger partial charge in [0.1, 0.15) is 54.9 Å². The van der Waals surface area contributed by atoms with Crippen molar-refractivity contribution in [1.82, 2.24) is 0 Å². The summed E-state index contributed by atoms with van der Waals surface area (Å²) in [6.07, 6.45) is -1.95. The highest BCUT2D eigenvalue weighted by Gasteiger charge is 2.47. The van der Waals surface area contributed by atoms with E-state index in [9.17, 15) is 40.5 Å². The molecule has 11 unspecified atom stereocenters. The molecule has 0 radical (unpaired) electrons. The van der Waals surface area contributed by atoms with Crippen LogP contribution in [0.25, 0.3) is 0 Å². The molecule has 0 aromatic carbocycles. The summed E-state index contributed by atoms with van der Waals surface area (Å²) in [6.45, 7) is 3.27. The third kappa shape index (κ3) is 14.2. The molecule has 272 valence electrons. The van der Waals surface area contributed by atoms with E-state index in [4.69, 9.17) is 28.4 Å². The number of carbonyl (C=O) groups excluding carboxylic acids is 1. The van der Waals surface area contributed by atoms with Crippen LogP contribution in [0.1, 0.15) is 97.3 Å². The van der Waals surface area contributed by atoms with Crippen LogP contribution in [0, 0.1) is 0 Å². The first kappa shape index (κ1) is 41.2. The van der Waals surface area contributed by atoms with Crippen molar-refractivity contribution < 1.29 is 69.0 Å². The van der Waals surface area contributed by atoms with Gasteiger partial charge in [0.15, 0.2) is 12.6 Å². The van der Waals surface area contributed by atoms with Gasteiger partial charge in [-0.05, 0) is 12.8 Å². The molecule has 0 saturated carbocycles. The van der Waals surface area contributed by atoms with Crippen molar-refractivity contribution in [2.24, 2.45) is 0 Å². The van der Waals surface area contributed by atoms with Gasteiger partial charge in [0, 0.05) is 13.0 Å². The molecule has 0 aromatic rings. The Bertz CT molecular complexity index is 788. The van der Waals surface area contributed by atoms with Crippen molar-refractivity contribution in [2.75, 3.05) is 33.0 Å². The smallest absolute Gasteiger partial charge is 0.306 e. The molecule has 14 nitrogen and oxygen atoms in total. The Labute approximate surface area is 272 Å². The first-order valence-electron chi connectivity index (χ1n) is 17.1. The molecular formula is C32H60O14. The molecule has 0 spiro atoms. The van der Waals surface area contributed by atoms with E-state index >= 15 is 0 Å². The Hall–Kier alpha value is -1.01. The van der Waals surface area contributed by atoms with Crippen LogP contribution in [0.4, 0.5) is 0 Å². The molecule has 2 saturated heterocycles. The quantitative estimate of drug-likeness (QED) is 0.0556. The molecule has 0 aliphatic carbocycles. The van der Waals surface area contributed by atoms with Crippen molar-refractivity contribution in [3.05, 3.63) is 0 Å². The average Bonchev–Trinajstić information content (AvgIpc) is 3.04. The maximum Gasteiger partial charge on any atom is 0.306 e. The first-order valence-corrected chi connectivity index (χ1v) is 17.1. The molecule has 2 rings (SSSR count). The van der Waals surface area contributed by atoms with Gasteiger partial charge in [0.2, 0.25) is 0 Å². The minimum absolute atomic E-state index is 0.0604. The van der Waals surface area contributed by atoms with Crippen LogP contribution in [0.5, 0.6) is 0 Å². The molecule has 0 bridgehead atoms. The minimum atomic E-state index is -1.69. The average molecular weight is 669 g/mol. The molecule has 2 aliphatic rings. The van der Waals surface area contributed by atoms with Gasteiger partial charge in [-0.3, -0.25) is 4.79 Å². The van der Waals surface area contributed by atoms with E-state index in [1.165, 1.54) is 51.4 Å². The fraction of sp³-hybridized carbons (Fsp3) is 0.969. The number of carbonyl (C=O) groups is 1. The number of rotatable bonds is 24. The highest BCUT2D eigenvalue weighted by Crippen LogP contribution is 2.26. The van der Waals surface area contributed by atoms with Gasteiger partial charge in [-0.15, -0.1) is 0 Å². The van der Waals surface area contributed by atoms with Crippen LogP contribution < -0.4 is 0 Å². The Balaban J connectivity index is 1.79. The number of aliphatic hydroxyl groups is 7. The van der Waals surface area contributed by atoms with Crippen LogP contribution in [0.15, 0.2) is 0 Å². The number of aliphatic hydroxyl groups excluding tert-OH is 7. The summed E-state index contributed by atoms with van der Waals surface area (Å²) in [4.78, 5) is 12.2. The fourth-order valence-electron chi connectivity index (χ4n) is 5.44. The number of unbranched alkanes of at least 4 members (excludes halogenated alkanes) is 10. The third-order valence-corrected chi connectivity index (χ3v) is 8.34. The lowest BCUT2D eigenvalue weighted by Crippen LogP contribution is -2.61. The molecule has 11 atom stereocenters. The highest BCUT2D eigenvalue weighted by atomic mass is 16.7. The predicted molar refractivity (Wildman–Crippen MR) is 164 cm³/mol. The van der Waals surface area contributed by atoms with Gasteiger partial charge in [-0.2, -0.15) is 0 Å². The summed E-state index contributed by atoms with van der Waals surface area (Å²) in [5, 5.41) is 70.9. The summed E-state index contributed by atoms with van der Waals surface area (Å²) >= 11 is 0. The van der Waals surface area contributed by atoms with Gasteiger partial charge in [0.25, 0.3) is 0 Å². The van der Waals surface area contributed by atoms with Crippen molar-refractivity contribution >= 4 is 5.97 Å². The fourth-order valence-corrected chi connectivity index (χ4v) is 5.44. The maximum absolute atomic E-state index is 12.2. The van der Waals surface area contributed by atoms with Crippen molar-refractivity contribution in [2.45, 2.75) is 165 Å². The zero-order chi connectivity index (χ0) is 33.9. The minimum Gasteiger partial charge on any atom is -0.457 e. The van der Waals surface area contributed by atoms with Crippen LogP contribution in [-0.2, 0) is 33.2 Å². The second-order valence-electron chi connectivity index (χ2n) is 12.4. The second kappa shape index (κ2) is 23.4. The van der Waals surface area contributed by atoms with Crippen LogP contribution in [-0.4, -0.2) is 142 Å². The zero-order valence-corrected chi connectivity index (χ0v) is 27.6. The molecular weight excluding hydrogens is 608 g/mol. The van der Waals surface area contributed by atoms with E-state index in [0.717, 1.165) is 19.3 Å². The van der Waals surface area contributed by atoms with Crippen LogP contribution in [0.3, 0.4) is 0 Å². The molecule has 14 heteroatoms. The third-order valence-electron chi connectivity index (χ3n) is 8.34. The van der Waals surface area contributed by atoms with E-state index in [2.05, 4.69) is 6.92 Å². The summed E-state index contributed by atoms with van der Waals surface area (Å²) in [6, 6.07) is 0. The largest absolute Gasteiger partial charge is 0.457 e. The molecule has 0 amide bonds. The Morgan fingerprint density at radius 1 is 0.630 bits per heavy atom. The van der Waals surface area contributed by atoms with Crippen LogP contribution in [0.2, 0.25) is 0 Å². The second-order valence-corrected chi connectivity index (χ2v) is 12.4. The van der Waals surface area contributed by atoms with Crippen molar-refractivity contribution in [3.63, 3.8) is 0 Å². The van der Waals surface area contributed by atoms with Gasteiger partial charge in [-0.1, -0.05) is 78.1 Å². The Kier molecular flexibility index (Phi) is 20.9. The first-order chi connectivity index (χ1) is 22.1. The molecule has 7 N–H and O–H groups in total. The Morgan fingerprint density at radius 2 is 1.15 bits per heavy atom. The van der Waals surface area contributed by atoms with E-state index in [1.54, 1.807) is 0 Å². The topological polar surface area (TPSA) is 214 Å². The maximum atomic E-state index is 12.2. The number of esters is 1. The molecule has 2 fully saturated rings. The van der Waals surface area contributed by atoms with E-state index in [0.29, 0.717) is 13.0 Å². The number of hydrogen-bond donors (Lipinski definition) is 7. The molecule has 0 aromatic heterocycles. The van der Waals surface area contributed by atoms with Crippen molar-refractivity contribution in [3.8, 4) is 0 Å². The van der Waals surface area contributed by atoms with Gasteiger partial charge in [-0.25, -0.2) is 0 Å². The summed E-state index contributed by atoms with van der Waals surface area (Å²) in [5.41, 5.74) is 0. The summed E-state index contributed by atoms with van der Waals surface area (Å²) in [7, 11) is 0. The standard InChI is InChI=1S/C32H60O14/c1-3-5-6-7-8-9-10-11-12-13-14-16-41-18-21(44-24(34)15-4-2)19-42-31-30(40)28(38)26(36)23(46-31)20-43-32-29(39)27(37)25(35)22(17-33)45-32/h21-23,25-33,35-40H,3-20H2,1-2H3. The molecule has 2 aliphatic heterocycles. The van der Waals surface area contributed by atoms with Gasteiger partial charge in [0.05, 0.1) is 26.4 Å². The lowest BCUT2D eigenvalue weighted by Gasteiger charge is -2.42. The lowest BCUT2D eigenvalue weighted by molar-refractivity contribution is -0.332. The normalized spacial score (nSPS) is 32.4. The molecule has 2 heterocycles. The monoisotopic (exact) mass is 668 g/mol. The predicted octanol–water partition coefficient (Wildman–Crippen LogP) is 0.667. The zero-order valence-electron chi connectivity index (χ0n) is 27.6.